The van der Waals surface area contributed by atoms with Crippen LogP contribution in [0.4, 0.5) is 10.5 Å². The van der Waals surface area contributed by atoms with Crippen LogP contribution in [0.25, 0.3) is 0 Å². The molecule has 0 spiro atoms. The number of anilines is 1. The number of rotatable bonds is 8. The second kappa shape index (κ2) is 10.5. The Balaban J connectivity index is 1.31. The summed E-state index contributed by atoms with van der Waals surface area (Å²) in [6, 6.07) is 15.4. The molecule has 4 rings (SSSR count). The standard InChI is InChI=1S/C26H33N3O3/c1-2-3-4-5-8-17-32-22-13-11-21(12-14-22)27-26(31)28-18-24-23-10-7-6-9-20(23)15-16-29(24)25(30)19-28/h6-7,9-14,24H,2-5,8,15-19H2,1H3,(H,27,31). The average molecular weight is 436 g/mol. The first kappa shape index (κ1) is 22.2. The van der Waals surface area contributed by atoms with Crippen LogP contribution in [-0.4, -0.2) is 48.0 Å². The quantitative estimate of drug-likeness (QED) is 0.593. The number of nitrogens with zero attached hydrogens (tertiary/aromatic N) is 2. The number of piperazine rings is 1. The summed E-state index contributed by atoms with van der Waals surface area (Å²) in [6.07, 6.45) is 6.90. The van der Waals surface area contributed by atoms with Crippen LogP contribution in [0.15, 0.2) is 48.5 Å². The molecule has 170 valence electrons. The number of hydrogen-bond donors (Lipinski definition) is 1. The van der Waals surface area contributed by atoms with Gasteiger partial charge in [-0.05, 0) is 48.2 Å². The summed E-state index contributed by atoms with van der Waals surface area (Å²) in [6.45, 7) is 4.27. The highest BCUT2D eigenvalue weighted by atomic mass is 16.5. The molecule has 0 saturated carbocycles. The maximum absolute atomic E-state index is 12.9. The van der Waals surface area contributed by atoms with Gasteiger partial charge in [0.15, 0.2) is 0 Å². The molecule has 2 aliphatic rings. The molecule has 3 amide bonds. The Hall–Kier alpha value is -3.02. The molecule has 1 atom stereocenters. The van der Waals surface area contributed by atoms with Crippen molar-refractivity contribution in [2.45, 2.75) is 51.5 Å². The third-order valence-corrected chi connectivity index (χ3v) is 6.36. The molecule has 1 N–H and O–H groups in total. The van der Waals surface area contributed by atoms with Crippen molar-refractivity contribution in [3.8, 4) is 5.75 Å². The van der Waals surface area contributed by atoms with E-state index in [9.17, 15) is 9.59 Å². The number of carbonyl (C=O) groups excluding carboxylic acids is 2. The molecule has 1 fully saturated rings. The van der Waals surface area contributed by atoms with Crippen molar-refractivity contribution >= 4 is 17.6 Å². The summed E-state index contributed by atoms with van der Waals surface area (Å²) in [5.41, 5.74) is 3.12. The molecule has 6 nitrogen and oxygen atoms in total. The smallest absolute Gasteiger partial charge is 0.322 e. The second-order valence-corrected chi connectivity index (χ2v) is 8.65. The van der Waals surface area contributed by atoms with Gasteiger partial charge in [-0.1, -0.05) is 56.9 Å². The fourth-order valence-electron chi connectivity index (χ4n) is 4.56. The maximum atomic E-state index is 12.9. The Morgan fingerprint density at radius 3 is 2.66 bits per heavy atom. The number of amides is 3. The topological polar surface area (TPSA) is 61.9 Å². The van der Waals surface area contributed by atoms with Crippen molar-refractivity contribution < 1.29 is 14.3 Å². The third kappa shape index (κ3) is 5.23. The van der Waals surface area contributed by atoms with Crippen LogP contribution in [0.3, 0.4) is 0 Å². The molecule has 2 heterocycles. The van der Waals surface area contributed by atoms with Gasteiger partial charge in [0, 0.05) is 18.8 Å². The summed E-state index contributed by atoms with van der Waals surface area (Å²) in [7, 11) is 0. The van der Waals surface area contributed by atoms with Crippen molar-refractivity contribution in [3.05, 3.63) is 59.7 Å². The van der Waals surface area contributed by atoms with Gasteiger partial charge in [-0.3, -0.25) is 4.79 Å². The number of urea groups is 1. The van der Waals surface area contributed by atoms with Crippen LogP contribution in [0, 0.1) is 0 Å². The van der Waals surface area contributed by atoms with Crippen molar-refractivity contribution in [1.29, 1.82) is 0 Å². The number of ether oxygens (including phenoxy) is 1. The first-order chi connectivity index (χ1) is 15.7. The molecule has 0 bridgehead atoms. The molecule has 0 aromatic heterocycles. The van der Waals surface area contributed by atoms with E-state index in [1.165, 1.54) is 31.2 Å². The minimum absolute atomic E-state index is 0.00795. The monoisotopic (exact) mass is 435 g/mol. The molecule has 0 radical (unpaired) electrons. The van der Waals surface area contributed by atoms with E-state index in [1.54, 1.807) is 4.90 Å². The van der Waals surface area contributed by atoms with Crippen LogP contribution in [-0.2, 0) is 11.2 Å². The van der Waals surface area contributed by atoms with Crippen LogP contribution < -0.4 is 10.1 Å². The summed E-state index contributed by atoms with van der Waals surface area (Å²) >= 11 is 0. The van der Waals surface area contributed by atoms with Crippen LogP contribution in [0.1, 0.15) is 56.2 Å². The van der Waals surface area contributed by atoms with E-state index >= 15 is 0 Å². The number of benzene rings is 2. The van der Waals surface area contributed by atoms with E-state index < -0.39 is 0 Å². The van der Waals surface area contributed by atoms with Crippen LogP contribution in [0.2, 0.25) is 0 Å². The highest BCUT2D eigenvalue weighted by Crippen LogP contribution is 2.33. The number of unbranched alkanes of at least 4 members (excludes halogenated alkanes) is 4. The Morgan fingerprint density at radius 1 is 1.06 bits per heavy atom. The third-order valence-electron chi connectivity index (χ3n) is 6.36. The lowest BCUT2D eigenvalue weighted by Crippen LogP contribution is -2.56. The zero-order valence-corrected chi connectivity index (χ0v) is 18.9. The zero-order chi connectivity index (χ0) is 22.3. The van der Waals surface area contributed by atoms with E-state index in [-0.39, 0.29) is 24.5 Å². The lowest BCUT2D eigenvalue weighted by atomic mass is 9.91. The molecule has 2 aromatic carbocycles. The van der Waals surface area contributed by atoms with Crippen molar-refractivity contribution in [3.63, 3.8) is 0 Å². The lowest BCUT2D eigenvalue weighted by Gasteiger charge is -2.44. The molecule has 32 heavy (non-hydrogen) atoms. The highest BCUT2D eigenvalue weighted by molar-refractivity contribution is 5.93. The number of hydrogen-bond acceptors (Lipinski definition) is 3. The average Bonchev–Trinajstić information content (AvgIpc) is 2.82. The lowest BCUT2D eigenvalue weighted by molar-refractivity contribution is -0.139. The molecular formula is C26H33N3O3. The molecule has 0 aliphatic carbocycles. The van der Waals surface area contributed by atoms with Gasteiger partial charge in [0.25, 0.3) is 0 Å². The van der Waals surface area contributed by atoms with Gasteiger partial charge in [0.2, 0.25) is 5.91 Å². The molecule has 1 saturated heterocycles. The first-order valence-electron chi connectivity index (χ1n) is 11.8. The first-order valence-corrected chi connectivity index (χ1v) is 11.8. The molecule has 2 aromatic rings. The summed E-state index contributed by atoms with van der Waals surface area (Å²) in [5.74, 6) is 0.815. The zero-order valence-electron chi connectivity index (χ0n) is 18.9. The molecule has 2 aliphatic heterocycles. The summed E-state index contributed by atoms with van der Waals surface area (Å²) in [5, 5.41) is 2.93. The van der Waals surface area contributed by atoms with Crippen LogP contribution >= 0.6 is 0 Å². The number of nitrogens with one attached hydrogen (secondary N) is 1. The predicted octanol–water partition coefficient (Wildman–Crippen LogP) is 5.01. The number of fused-ring (bicyclic) bond motifs is 3. The van der Waals surface area contributed by atoms with Gasteiger partial charge < -0.3 is 19.9 Å². The van der Waals surface area contributed by atoms with E-state index in [0.29, 0.717) is 18.8 Å². The largest absolute Gasteiger partial charge is 0.494 e. The molecule has 6 heteroatoms. The maximum Gasteiger partial charge on any atom is 0.322 e. The van der Waals surface area contributed by atoms with E-state index in [0.717, 1.165) is 30.7 Å². The Kier molecular flexibility index (Phi) is 7.30. The van der Waals surface area contributed by atoms with Gasteiger partial charge in [-0.25, -0.2) is 4.79 Å². The van der Waals surface area contributed by atoms with Gasteiger partial charge in [0.05, 0.1) is 12.6 Å². The van der Waals surface area contributed by atoms with E-state index in [4.69, 9.17) is 4.74 Å². The SMILES string of the molecule is CCCCCCCOc1ccc(NC(=O)N2CC(=O)N3CCc4ccccc4C3C2)cc1. The fourth-order valence-corrected chi connectivity index (χ4v) is 4.56. The van der Waals surface area contributed by atoms with Gasteiger partial charge in [-0.15, -0.1) is 0 Å². The predicted molar refractivity (Wildman–Crippen MR) is 126 cm³/mol. The normalized spacial score (nSPS) is 17.5. The Labute approximate surface area is 190 Å². The Morgan fingerprint density at radius 2 is 1.84 bits per heavy atom. The fraction of sp³-hybridized carbons (Fsp3) is 0.462. The minimum atomic E-state index is -0.245. The van der Waals surface area contributed by atoms with E-state index in [1.807, 2.05) is 41.3 Å². The summed E-state index contributed by atoms with van der Waals surface area (Å²) in [4.78, 5) is 29.2. The van der Waals surface area contributed by atoms with Crippen molar-refractivity contribution in [2.75, 3.05) is 31.6 Å². The van der Waals surface area contributed by atoms with Crippen LogP contribution in [0.5, 0.6) is 5.75 Å². The molecule has 1 unspecified atom stereocenters. The van der Waals surface area contributed by atoms with Gasteiger partial charge in [-0.2, -0.15) is 0 Å². The van der Waals surface area contributed by atoms with Gasteiger partial charge in [0.1, 0.15) is 12.3 Å². The Bertz CT molecular complexity index is 928. The number of carbonyl (C=O) groups is 2. The second-order valence-electron chi connectivity index (χ2n) is 8.65. The molecular weight excluding hydrogens is 402 g/mol. The van der Waals surface area contributed by atoms with Crippen molar-refractivity contribution in [1.82, 2.24) is 9.80 Å². The minimum Gasteiger partial charge on any atom is -0.494 e. The highest BCUT2D eigenvalue weighted by Gasteiger charge is 2.38. The van der Waals surface area contributed by atoms with Gasteiger partial charge >= 0.3 is 6.03 Å². The summed E-state index contributed by atoms with van der Waals surface area (Å²) < 4.78 is 5.80. The van der Waals surface area contributed by atoms with Crippen molar-refractivity contribution in [2.24, 2.45) is 0 Å². The van der Waals surface area contributed by atoms with E-state index in [2.05, 4.69) is 24.4 Å².